The number of nitrogens with zero attached hydrogens (tertiary/aromatic N) is 1. The normalized spacial score (nSPS) is 29.8. The Morgan fingerprint density at radius 3 is 2.24 bits per heavy atom. The number of halogens is 1. The molecule has 0 radical (unpaired) electrons. The van der Waals surface area contributed by atoms with Gasteiger partial charge in [-0.15, -0.1) is 0 Å². The SMILES string of the molecule is O=C1CC2c3ccccc3C1C1C(=O)N(c3ccccc3F)C(=O)C21. The van der Waals surface area contributed by atoms with Crippen molar-refractivity contribution < 1.29 is 18.8 Å². The Kier molecular flexibility index (Phi) is 2.82. The first-order chi connectivity index (χ1) is 12.1. The molecule has 0 aromatic heterocycles. The van der Waals surface area contributed by atoms with Gasteiger partial charge in [-0.05, 0) is 23.3 Å². The highest BCUT2D eigenvalue weighted by Gasteiger charge is 2.62. The maximum atomic E-state index is 14.2. The van der Waals surface area contributed by atoms with Gasteiger partial charge >= 0.3 is 0 Å². The Hall–Kier alpha value is -2.82. The molecule has 124 valence electrons. The molecule has 4 atom stereocenters. The summed E-state index contributed by atoms with van der Waals surface area (Å²) in [6.45, 7) is 0. The molecule has 0 spiro atoms. The van der Waals surface area contributed by atoms with Crippen LogP contribution in [0.4, 0.5) is 10.1 Å². The molecule has 2 aromatic rings. The van der Waals surface area contributed by atoms with Crippen LogP contribution in [-0.4, -0.2) is 17.6 Å². The summed E-state index contributed by atoms with van der Waals surface area (Å²) in [6.07, 6.45) is 0.271. The topological polar surface area (TPSA) is 54.5 Å². The van der Waals surface area contributed by atoms with E-state index in [1.54, 1.807) is 6.07 Å². The lowest BCUT2D eigenvalue weighted by Crippen LogP contribution is -2.44. The Bertz CT molecular complexity index is 953. The van der Waals surface area contributed by atoms with Crippen LogP contribution < -0.4 is 4.90 Å². The highest BCUT2D eigenvalue weighted by Crippen LogP contribution is 2.57. The average Bonchev–Trinajstić information content (AvgIpc) is 2.88. The zero-order valence-corrected chi connectivity index (χ0v) is 13.2. The third-order valence-electron chi connectivity index (χ3n) is 5.78. The van der Waals surface area contributed by atoms with Crippen LogP contribution in [-0.2, 0) is 14.4 Å². The third-order valence-corrected chi connectivity index (χ3v) is 5.78. The fourth-order valence-corrected chi connectivity index (χ4v) is 4.83. The van der Waals surface area contributed by atoms with Crippen LogP contribution in [0.5, 0.6) is 0 Å². The minimum atomic E-state index is -0.715. The van der Waals surface area contributed by atoms with Crippen LogP contribution in [0, 0.1) is 17.7 Å². The van der Waals surface area contributed by atoms with Gasteiger partial charge in [-0.25, -0.2) is 9.29 Å². The van der Waals surface area contributed by atoms with Gasteiger partial charge in [-0.1, -0.05) is 36.4 Å². The number of anilines is 1. The van der Waals surface area contributed by atoms with Crippen LogP contribution >= 0.6 is 0 Å². The van der Waals surface area contributed by atoms with Gasteiger partial charge in [-0.3, -0.25) is 14.4 Å². The quantitative estimate of drug-likeness (QED) is 0.753. The van der Waals surface area contributed by atoms with E-state index >= 15 is 0 Å². The average molecular weight is 335 g/mol. The summed E-state index contributed by atoms with van der Waals surface area (Å²) in [5, 5.41) is 0. The number of carbonyl (C=O) groups excluding carboxylic acids is 3. The fraction of sp³-hybridized carbons (Fsp3) is 0.250. The predicted molar refractivity (Wildman–Crippen MR) is 87.4 cm³/mol. The Morgan fingerprint density at radius 2 is 1.48 bits per heavy atom. The monoisotopic (exact) mass is 335 g/mol. The highest BCUT2D eigenvalue weighted by atomic mass is 19.1. The van der Waals surface area contributed by atoms with Crippen LogP contribution in [0.1, 0.15) is 29.4 Å². The summed E-state index contributed by atoms with van der Waals surface area (Å²) in [5.41, 5.74) is 1.80. The molecule has 2 bridgehead atoms. The van der Waals surface area contributed by atoms with Crippen molar-refractivity contribution in [3.63, 3.8) is 0 Å². The van der Waals surface area contributed by atoms with E-state index in [2.05, 4.69) is 0 Å². The van der Waals surface area contributed by atoms with Gasteiger partial charge < -0.3 is 0 Å². The van der Waals surface area contributed by atoms with E-state index < -0.39 is 35.4 Å². The maximum Gasteiger partial charge on any atom is 0.238 e. The number of hydrogen-bond donors (Lipinski definition) is 0. The van der Waals surface area contributed by atoms with E-state index in [4.69, 9.17) is 0 Å². The lowest BCUT2D eigenvalue weighted by atomic mass is 9.56. The largest absolute Gasteiger partial charge is 0.299 e. The van der Waals surface area contributed by atoms with Crippen LogP contribution in [0.2, 0.25) is 0 Å². The molecule has 1 heterocycles. The van der Waals surface area contributed by atoms with Crippen LogP contribution in [0.25, 0.3) is 0 Å². The first kappa shape index (κ1) is 14.5. The summed E-state index contributed by atoms with van der Waals surface area (Å²) >= 11 is 0. The second kappa shape index (κ2) is 4.85. The van der Waals surface area contributed by atoms with E-state index in [0.717, 1.165) is 16.0 Å². The molecular weight excluding hydrogens is 321 g/mol. The molecule has 2 aromatic carbocycles. The van der Waals surface area contributed by atoms with Crippen molar-refractivity contribution in [2.45, 2.75) is 18.3 Å². The number of carbonyl (C=O) groups is 3. The van der Waals surface area contributed by atoms with Gasteiger partial charge in [0.05, 0.1) is 23.4 Å². The number of rotatable bonds is 1. The van der Waals surface area contributed by atoms with Crippen molar-refractivity contribution in [1.29, 1.82) is 0 Å². The number of amides is 2. The van der Waals surface area contributed by atoms with Crippen molar-refractivity contribution in [3.8, 4) is 0 Å². The van der Waals surface area contributed by atoms with Crippen LogP contribution in [0.15, 0.2) is 48.5 Å². The molecule has 4 nitrogen and oxygen atoms in total. The van der Waals surface area contributed by atoms with Gasteiger partial charge in [0.15, 0.2) is 0 Å². The number of Topliss-reactive ketones (excluding diaryl/α,β-unsaturated/α-hetero) is 1. The van der Waals surface area contributed by atoms with Crippen LogP contribution in [0.3, 0.4) is 0 Å². The van der Waals surface area contributed by atoms with E-state index in [1.807, 2.05) is 24.3 Å². The summed E-state index contributed by atoms with van der Waals surface area (Å²) < 4.78 is 14.2. The second-order valence-electron chi connectivity index (χ2n) is 6.90. The molecule has 0 N–H and O–H groups in total. The van der Waals surface area contributed by atoms with E-state index in [1.165, 1.54) is 18.2 Å². The van der Waals surface area contributed by atoms with E-state index in [0.29, 0.717) is 0 Å². The molecule has 3 aliphatic carbocycles. The van der Waals surface area contributed by atoms with E-state index in [-0.39, 0.29) is 23.8 Å². The van der Waals surface area contributed by atoms with Gasteiger partial charge in [0.1, 0.15) is 11.6 Å². The second-order valence-corrected chi connectivity index (χ2v) is 6.90. The molecular formula is C20H14FNO3. The Morgan fingerprint density at radius 1 is 0.840 bits per heavy atom. The van der Waals surface area contributed by atoms with Gasteiger partial charge in [0, 0.05) is 12.3 Å². The molecule has 1 saturated heterocycles. The summed E-state index contributed by atoms with van der Waals surface area (Å²) in [6, 6.07) is 13.3. The number of imide groups is 1. The Labute approximate surface area is 143 Å². The molecule has 4 aliphatic rings. The first-order valence-electron chi connectivity index (χ1n) is 8.33. The number of para-hydroxylation sites is 1. The van der Waals surface area contributed by atoms with Crippen molar-refractivity contribution in [2.75, 3.05) is 4.90 Å². The van der Waals surface area contributed by atoms with E-state index in [9.17, 15) is 18.8 Å². The summed E-state index contributed by atoms with van der Waals surface area (Å²) in [7, 11) is 0. The van der Waals surface area contributed by atoms with Gasteiger partial charge in [0.25, 0.3) is 0 Å². The Balaban J connectivity index is 1.68. The van der Waals surface area contributed by atoms with Crippen molar-refractivity contribution in [3.05, 3.63) is 65.5 Å². The van der Waals surface area contributed by atoms with Crippen molar-refractivity contribution in [1.82, 2.24) is 0 Å². The minimum absolute atomic E-state index is 0.00137. The smallest absolute Gasteiger partial charge is 0.238 e. The molecule has 4 unspecified atom stereocenters. The summed E-state index contributed by atoms with van der Waals surface area (Å²) in [4.78, 5) is 39.6. The molecule has 2 amide bonds. The van der Waals surface area contributed by atoms with Gasteiger partial charge in [0.2, 0.25) is 11.8 Å². The zero-order chi connectivity index (χ0) is 17.3. The highest BCUT2D eigenvalue weighted by molar-refractivity contribution is 6.24. The molecule has 1 saturated carbocycles. The van der Waals surface area contributed by atoms with Crippen molar-refractivity contribution >= 4 is 23.3 Å². The zero-order valence-electron chi connectivity index (χ0n) is 13.2. The molecule has 25 heavy (non-hydrogen) atoms. The lowest BCUT2D eigenvalue weighted by molar-refractivity contribution is -0.134. The minimum Gasteiger partial charge on any atom is -0.299 e. The molecule has 6 rings (SSSR count). The number of fused-ring (bicyclic) bond motifs is 1. The number of benzene rings is 2. The third kappa shape index (κ3) is 1.73. The first-order valence-corrected chi connectivity index (χ1v) is 8.33. The number of hydrogen-bond acceptors (Lipinski definition) is 3. The molecule has 5 heteroatoms. The maximum absolute atomic E-state index is 14.2. The standard InChI is InChI=1S/C20H14FNO3/c21-13-7-3-4-8-14(13)22-19(24)17-12-9-15(23)16(18(17)20(22)25)11-6-2-1-5-10(11)12/h1-8,12,16-18H,9H2. The fourth-order valence-electron chi connectivity index (χ4n) is 4.83. The predicted octanol–water partition coefficient (Wildman–Crippen LogP) is 2.79. The van der Waals surface area contributed by atoms with Gasteiger partial charge in [-0.2, -0.15) is 0 Å². The van der Waals surface area contributed by atoms with Crippen molar-refractivity contribution in [2.24, 2.45) is 11.8 Å². The number of ketones is 1. The lowest BCUT2D eigenvalue weighted by Gasteiger charge is -2.43. The molecule has 1 aliphatic heterocycles. The molecule has 2 fully saturated rings. The summed E-state index contributed by atoms with van der Waals surface area (Å²) in [5.74, 6) is -3.65.